The van der Waals surface area contributed by atoms with E-state index in [2.05, 4.69) is 0 Å². The van der Waals surface area contributed by atoms with Crippen molar-refractivity contribution in [2.45, 2.75) is 0 Å². The molecule has 120 valence electrons. The summed E-state index contributed by atoms with van der Waals surface area (Å²) in [6.45, 7) is -0.159. The molecular formula is C20H15ClO3. The van der Waals surface area contributed by atoms with Gasteiger partial charge in [0.1, 0.15) is 11.5 Å². The van der Waals surface area contributed by atoms with Gasteiger partial charge in [-0.05, 0) is 47.5 Å². The number of benzene rings is 3. The molecule has 0 aromatic heterocycles. The SMILES string of the molecule is O=C(COc1ccc(-c2ccccc2)cc1)Oc1ccc(Cl)cc1. The highest BCUT2D eigenvalue weighted by molar-refractivity contribution is 6.30. The van der Waals surface area contributed by atoms with Crippen molar-refractivity contribution in [2.75, 3.05) is 6.61 Å². The number of ether oxygens (including phenoxy) is 2. The highest BCUT2D eigenvalue weighted by atomic mass is 35.5. The zero-order valence-corrected chi connectivity index (χ0v) is 13.6. The minimum atomic E-state index is -0.468. The lowest BCUT2D eigenvalue weighted by Gasteiger charge is -2.08. The van der Waals surface area contributed by atoms with Gasteiger partial charge in [-0.25, -0.2) is 4.79 Å². The monoisotopic (exact) mass is 338 g/mol. The van der Waals surface area contributed by atoms with Gasteiger partial charge in [0.15, 0.2) is 6.61 Å². The molecule has 0 heterocycles. The van der Waals surface area contributed by atoms with Crippen LogP contribution in [0.15, 0.2) is 78.9 Å². The maximum atomic E-state index is 11.8. The lowest BCUT2D eigenvalue weighted by molar-refractivity contribution is -0.136. The number of hydrogen-bond acceptors (Lipinski definition) is 3. The lowest BCUT2D eigenvalue weighted by Crippen LogP contribution is -2.17. The molecule has 0 aliphatic heterocycles. The van der Waals surface area contributed by atoms with Crippen LogP contribution in [0.3, 0.4) is 0 Å². The average Bonchev–Trinajstić information content (AvgIpc) is 2.63. The van der Waals surface area contributed by atoms with E-state index in [9.17, 15) is 4.79 Å². The van der Waals surface area contributed by atoms with Gasteiger partial charge in [-0.2, -0.15) is 0 Å². The second-order valence-corrected chi connectivity index (χ2v) is 5.54. The molecule has 3 aromatic carbocycles. The molecule has 0 unspecified atom stereocenters. The minimum absolute atomic E-state index is 0.159. The van der Waals surface area contributed by atoms with Crippen LogP contribution in [0.2, 0.25) is 5.02 Å². The summed E-state index contributed by atoms with van der Waals surface area (Å²) < 4.78 is 10.6. The van der Waals surface area contributed by atoms with Crippen molar-refractivity contribution in [3.8, 4) is 22.6 Å². The van der Waals surface area contributed by atoms with Crippen LogP contribution in [0.4, 0.5) is 0 Å². The standard InChI is InChI=1S/C20H15ClO3/c21-17-8-12-19(13-9-17)24-20(22)14-23-18-10-6-16(7-11-18)15-4-2-1-3-5-15/h1-13H,14H2. The van der Waals surface area contributed by atoms with E-state index in [1.54, 1.807) is 24.3 Å². The summed E-state index contributed by atoms with van der Waals surface area (Å²) in [5, 5.41) is 0.588. The molecule has 0 saturated heterocycles. The Kier molecular flexibility index (Phi) is 5.14. The molecule has 0 spiro atoms. The molecular weight excluding hydrogens is 324 g/mol. The third-order valence-electron chi connectivity index (χ3n) is 3.36. The predicted octanol–water partition coefficient (Wildman–Crippen LogP) is 4.99. The first-order valence-electron chi connectivity index (χ1n) is 7.45. The molecule has 3 aromatic rings. The Balaban J connectivity index is 1.54. The Morgan fingerprint density at radius 1 is 0.750 bits per heavy atom. The minimum Gasteiger partial charge on any atom is -0.482 e. The van der Waals surface area contributed by atoms with Crippen molar-refractivity contribution in [1.29, 1.82) is 0 Å². The van der Waals surface area contributed by atoms with Crippen LogP contribution in [0.25, 0.3) is 11.1 Å². The fourth-order valence-corrected chi connectivity index (χ4v) is 2.31. The zero-order valence-electron chi connectivity index (χ0n) is 12.8. The summed E-state index contributed by atoms with van der Waals surface area (Å²) in [5.41, 5.74) is 2.22. The number of carbonyl (C=O) groups is 1. The predicted molar refractivity (Wildman–Crippen MR) is 94.5 cm³/mol. The molecule has 24 heavy (non-hydrogen) atoms. The molecule has 0 bridgehead atoms. The average molecular weight is 339 g/mol. The first-order valence-corrected chi connectivity index (χ1v) is 7.83. The van der Waals surface area contributed by atoms with Gasteiger partial charge in [-0.15, -0.1) is 0 Å². The van der Waals surface area contributed by atoms with Crippen LogP contribution in [0.1, 0.15) is 0 Å². The Hall–Kier alpha value is -2.78. The molecule has 0 N–H and O–H groups in total. The first kappa shape index (κ1) is 16.1. The number of hydrogen-bond donors (Lipinski definition) is 0. The number of carbonyl (C=O) groups excluding carboxylic acids is 1. The van der Waals surface area contributed by atoms with E-state index in [0.717, 1.165) is 11.1 Å². The second-order valence-electron chi connectivity index (χ2n) is 5.11. The molecule has 0 fully saturated rings. The molecule has 0 aliphatic carbocycles. The van der Waals surface area contributed by atoms with Crippen LogP contribution in [-0.2, 0) is 4.79 Å². The van der Waals surface area contributed by atoms with Gasteiger partial charge in [-0.3, -0.25) is 0 Å². The Bertz CT molecular complexity index is 797. The highest BCUT2D eigenvalue weighted by Gasteiger charge is 2.06. The summed E-state index contributed by atoms with van der Waals surface area (Å²) in [5.74, 6) is 0.583. The number of halogens is 1. The maximum absolute atomic E-state index is 11.8. The normalized spacial score (nSPS) is 10.2. The van der Waals surface area contributed by atoms with Crippen molar-refractivity contribution in [3.63, 3.8) is 0 Å². The van der Waals surface area contributed by atoms with Crippen molar-refractivity contribution in [2.24, 2.45) is 0 Å². The third-order valence-corrected chi connectivity index (χ3v) is 3.62. The second kappa shape index (κ2) is 7.66. The van der Waals surface area contributed by atoms with E-state index in [-0.39, 0.29) is 6.61 Å². The van der Waals surface area contributed by atoms with Gasteiger partial charge in [0.25, 0.3) is 0 Å². The Morgan fingerprint density at radius 3 is 2.00 bits per heavy atom. The Labute approximate surface area is 145 Å². The quantitative estimate of drug-likeness (QED) is 0.485. The highest BCUT2D eigenvalue weighted by Crippen LogP contribution is 2.22. The van der Waals surface area contributed by atoms with Crippen LogP contribution in [0, 0.1) is 0 Å². The fraction of sp³-hybridized carbons (Fsp3) is 0.0500. The van der Waals surface area contributed by atoms with Gasteiger partial charge in [-0.1, -0.05) is 54.1 Å². The molecule has 0 amide bonds. The van der Waals surface area contributed by atoms with Gasteiger partial charge >= 0.3 is 5.97 Å². The number of rotatable bonds is 5. The van der Waals surface area contributed by atoms with E-state index in [4.69, 9.17) is 21.1 Å². The van der Waals surface area contributed by atoms with E-state index >= 15 is 0 Å². The molecule has 4 heteroatoms. The summed E-state index contributed by atoms with van der Waals surface area (Å²) in [4.78, 5) is 11.8. The van der Waals surface area contributed by atoms with Crippen LogP contribution < -0.4 is 9.47 Å². The maximum Gasteiger partial charge on any atom is 0.349 e. The van der Waals surface area contributed by atoms with Crippen molar-refractivity contribution in [3.05, 3.63) is 83.9 Å². The molecule has 0 radical (unpaired) electrons. The van der Waals surface area contributed by atoms with Gasteiger partial charge < -0.3 is 9.47 Å². The largest absolute Gasteiger partial charge is 0.482 e. The lowest BCUT2D eigenvalue weighted by atomic mass is 10.1. The van der Waals surface area contributed by atoms with Crippen LogP contribution in [0.5, 0.6) is 11.5 Å². The molecule has 0 saturated carbocycles. The van der Waals surface area contributed by atoms with Crippen LogP contribution >= 0.6 is 11.6 Å². The van der Waals surface area contributed by atoms with Crippen molar-refractivity contribution < 1.29 is 14.3 Å². The van der Waals surface area contributed by atoms with Crippen molar-refractivity contribution in [1.82, 2.24) is 0 Å². The van der Waals surface area contributed by atoms with Crippen LogP contribution in [-0.4, -0.2) is 12.6 Å². The molecule has 0 aliphatic rings. The van der Waals surface area contributed by atoms with E-state index in [0.29, 0.717) is 16.5 Å². The fourth-order valence-electron chi connectivity index (χ4n) is 2.18. The topological polar surface area (TPSA) is 35.5 Å². The van der Waals surface area contributed by atoms with Gasteiger partial charge in [0, 0.05) is 5.02 Å². The summed E-state index contributed by atoms with van der Waals surface area (Å²) >= 11 is 5.78. The first-order chi connectivity index (χ1) is 11.7. The van der Waals surface area contributed by atoms with E-state index in [1.807, 2.05) is 54.6 Å². The van der Waals surface area contributed by atoms with Gasteiger partial charge in [0.05, 0.1) is 0 Å². The summed E-state index contributed by atoms with van der Waals surface area (Å²) in [6, 6.07) is 24.2. The third kappa shape index (κ3) is 4.37. The Morgan fingerprint density at radius 2 is 1.33 bits per heavy atom. The molecule has 0 atom stereocenters. The van der Waals surface area contributed by atoms with E-state index in [1.165, 1.54) is 0 Å². The van der Waals surface area contributed by atoms with Gasteiger partial charge in [0.2, 0.25) is 0 Å². The summed E-state index contributed by atoms with van der Waals surface area (Å²) in [7, 11) is 0. The number of esters is 1. The smallest absolute Gasteiger partial charge is 0.349 e. The summed E-state index contributed by atoms with van der Waals surface area (Å²) in [6.07, 6.45) is 0. The molecule has 3 rings (SSSR count). The van der Waals surface area contributed by atoms with E-state index < -0.39 is 5.97 Å². The van der Waals surface area contributed by atoms with Crippen molar-refractivity contribution >= 4 is 17.6 Å². The zero-order chi connectivity index (χ0) is 16.8. The molecule has 3 nitrogen and oxygen atoms in total.